The van der Waals surface area contributed by atoms with Crippen LogP contribution in [-0.4, -0.2) is 20.1 Å². The highest BCUT2D eigenvalue weighted by Gasteiger charge is 2.18. The van der Waals surface area contributed by atoms with Gasteiger partial charge >= 0.3 is 0 Å². The van der Waals surface area contributed by atoms with Crippen molar-refractivity contribution in [1.82, 2.24) is 5.32 Å². The van der Waals surface area contributed by atoms with Gasteiger partial charge in [-0.15, -0.1) is 0 Å². The number of hydrogen-bond acceptors (Lipinski definition) is 3. The van der Waals surface area contributed by atoms with E-state index in [0.717, 1.165) is 33.8 Å². The highest BCUT2D eigenvalue weighted by molar-refractivity contribution is 5.96. The highest BCUT2D eigenvalue weighted by Crippen LogP contribution is 2.24. The van der Waals surface area contributed by atoms with Crippen molar-refractivity contribution in [2.75, 3.05) is 14.2 Å². The number of carbonyl (C=O) groups is 1. The molecule has 0 aliphatic rings. The summed E-state index contributed by atoms with van der Waals surface area (Å²) in [7, 11) is 3.30. The summed E-state index contributed by atoms with van der Waals surface area (Å²) in [5, 5.41) is 3.21. The Morgan fingerprint density at radius 3 is 2.00 bits per heavy atom. The first-order valence-corrected chi connectivity index (χ1v) is 9.65. The van der Waals surface area contributed by atoms with E-state index in [1.54, 1.807) is 14.2 Å². The quantitative estimate of drug-likeness (QED) is 0.616. The van der Waals surface area contributed by atoms with Crippen LogP contribution in [0.15, 0.2) is 66.7 Å². The molecule has 0 aliphatic carbocycles. The number of methoxy groups -OCH3 is 2. The molecule has 4 heteroatoms. The monoisotopic (exact) mass is 389 g/mol. The third-order valence-corrected chi connectivity index (χ3v) is 5.05. The summed E-state index contributed by atoms with van der Waals surface area (Å²) >= 11 is 0. The molecule has 0 aliphatic heterocycles. The van der Waals surface area contributed by atoms with E-state index in [1.807, 2.05) is 80.6 Å². The molecule has 0 fully saturated rings. The number of amides is 1. The van der Waals surface area contributed by atoms with Gasteiger partial charge in [0, 0.05) is 5.56 Å². The van der Waals surface area contributed by atoms with Crippen molar-refractivity contribution in [3.8, 4) is 11.5 Å². The van der Waals surface area contributed by atoms with Crippen LogP contribution in [0.1, 0.15) is 38.7 Å². The molecule has 1 unspecified atom stereocenters. The van der Waals surface area contributed by atoms with Crippen molar-refractivity contribution in [2.45, 2.75) is 26.3 Å². The van der Waals surface area contributed by atoms with Gasteiger partial charge in [-0.25, -0.2) is 0 Å². The maximum absolute atomic E-state index is 13.0. The second kappa shape index (κ2) is 9.28. The van der Waals surface area contributed by atoms with E-state index in [4.69, 9.17) is 9.47 Å². The highest BCUT2D eigenvalue weighted by atomic mass is 16.5. The van der Waals surface area contributed by atoms with Gasteiger partial charge in [0.1, 0.15) is 11.5 Å². The summed E-state index contributed by atoms with van der Waals surface area (Å²) in [6.07, 6.45) is 0.674. The molecule has 0 spiro atoms. The van der Waals surface area contributed by atoms with Gasteiger partial charge in [0.25, 0.3) is 5.91 Å². The molecule has 4 nitrogen and oxygen atoms in total. The summed E-state index contributed by atoms with van der Waals surface area (Å²) in [5.41, 5.74) is 4.96. The van der Waals surface area contributed by atoms with Gasteiger partial charge in [-0.05, 0) is 67.3 Å². The zero-order chi connectivity index (χ0) is 20.8. The van der Waals surface area contributed by atoms with Gasteiger partial charge in [0.2, 0.25) is 0 Å². The van der Waals surface area contributed by atoms with Crippen LogP contribution in [0.2, 0.25) is 0 Å². The summed E-state index contributed by atoms with van der Waals surface area (Å²) in [6, 6.07) is 21.5. The Balaban J connectivity index is 1.87. The molecule has 0 saturated heterocycles. The van der Waals surface area contributed by atoms with Crippen molar-refractivity contribution in [3.05, 3.63) is 94.5 Å². The predicted octanol–water partition coefficient (Wildman–Crippen LogP) is 5.03. The second-order valence-corrected chi connectivity index (χ2v) is 7.17. The largest absolute Gasteiger partial charge is 0.497 e. The average Bonchev–Trinajstić information content (AvgIpc) is 2.73. The van der Waals surface area contributed by atoms with Crippen molar-refractivity contribution >= 4 is 5.91 Å². The number of hydrogen-bond donors (Lipinski definition) is 1. The number of carbonyl (C=O) groups excluding carboxylic acids is 1. The molecule has 1 N–H and O–H groups in total. The maximum Gasteiger partial charge on any atom is 0.252 e. The Bertz CT molecular complexity index is 962. The van der Waals surface area contributed by atoms with Crippen LogP contribution in [0.3, 0.4) is 0 Å². The van der Waals surface area contributed by atoms with Gasteiger partial charge in [-0.3, -0.25) is 4.79 Å². The summed E-state index contributed by atoms with van der Waals surface area (Å²) < 4.78 is 10.5. The fraction of sp³-hybridized carbons (Fsp3) is 0.240. The van der Waals surface area contributed by atoms with Crippen LogP contribution in [0.5, 0.6) is 11.5 Å². The van der Waals surface area contributed by atoms with E-state index in [-0.39, 0.29) is 11.9 Å². The average molecular weight is 389 g/mol. The smallest absolute Gasteiger partial charge is 0.252 e. The van der Waals surface area contributed by atoms with E-state index in [9.17, 15) is 4.79 Å². The first kappa shape index (κ1) is 20.5. The molecule has 1 amide bonds. The van der Waals surface area contributed by atoms with Crippen LogP contribution in [-0.2, 0) is 6.42 Å². The summed E-state index contributed by atoms with van der Waals surface area (Å²) in [4.78, 5) is 13.0. The van der Waals surface area contributed by atoms with Crippen LogP contribution in [0.25, 0.3) is 0 Å². The molecule has 0 aromatic heterocycles. The van der Waals surface area contributed by atoms with Crippen LogP contribution in [0.4, 0.5) is 0 Å². The molecule has 1 atom stereocenters. The molecular formula is C25H27NO3. The summed E-state index contributed by atoms with van der Waals surface area (Å²) in [5.74, 6) is 1.53. The van der Waals surface area contributed by atoms with Crippen molar-refractivity contribution in [2.24, 2.45) is 0 Å². The van der Waals surface area contributed by atoms with Gasteiger partial charge in [0.15, 0.2) is 0 Å². The van der Waals surface area contributed by atoms with Gasteiger partial charge in [-0.1, -0.05) is 42.0 Å². The Morgan fingerprint density at radius 1 is 0.862 bits per heavy atom. The maximum atomic E-state index is 13.0. The van der Waals surface area contributed by atoms with E-state index in [0.29, 0.717) is 12.0 Å². The first-order chi connectivity index (χ1) is 14.0. The molecule has 0 saturated carbocycles. The lowest BCUT2D eigenvalue weighted by Gasteiger charge is -2.21. The Kier molecular flexibility index (Phi) is 6.55. The van der Waals surface area contributed by atoms with Crippen LogP contribution < -0.4 is 14.8 Å². The topological polar surface area (TPSA) is 47.6 Å². The first-order valence-electron chi connectivity index (χ1n) is 9.65. The fourth-order valence-electron chi connectivity index (χ4n) is 3.39. The number of aryl methyl sites for hydroxylation is 2. The van der Waals surface area contributed by atoms with Crippen molar-refractivity contribution in [1.29, 1.82) is 0 Å². The SMILES string of the molecule is COc1ccc(CC(NC(=O)c2ccc(C)cc2C)c2ccc(OC)cc2)cc1. The standard InChI is InChI=1S/C25H27NO3/c1-17-5-14-23(18(2)15-17)25(27)26-24(20-8-12-22(29-4)13-9-20)16-19-6-10-21(28-3)11-7-19/h5-15,24H,16H2,1-4H3,(H,26,27). The van der Waals surface area contributed by atoms with E-state index in [1.165, 1.54) is 0 Å². The molecule has 3 aromatic rings. The zero-order valence-electron chi connectivity index (χ0n) is 17.4. The van der Waals surface area contributed by atoms with Gasteiger partial charge in [-0.2, -0.15) is 0 Å². The van der Waals surface area contributed by atoms with Gasteiger partial charge < -0.3 is 14.8 Å². The van der Waals surface area contributed by atoms with E-state index >= 15 is 0 Å². The Hall–Kier alpha value is -3.27. The lowest BCUT2D eigenvalue weighted by atomic mass is 9.97. The number of ether oxygens (including phenoxy) is 2. The molecule has 29 heavy (non-hydrogen) atoms. The fourth-order valence-corrected chi connectivity index (χ4v) is 3.39. The van der Waals surface area contributed by atoms with E-state index < -0.39 is 0 Å². The summed E-state index contributed by atoms with van der Waals surface area (Å²) in [6.45, 7) is 3.99. The lowest BCUT2D eigenvalue weighted by molar-refractivity contribution is 0.0936. The molecule has 0 bridgehead atoms. The van der Waals surface area contributed by atoms with Gasteiger partial charge in [0.05, 0.1) is 20.3 Å². The normalized spacial score (nSPS) is 11.6. The molecule has 3 rings (SSSR count). The minimum Gasteiger partial charge on any atom is -0.497 e. The van der Waals surface area contributed by atoms with Crippen LogP contribution in [0, 0.1) is 13.8 Å². The Morgan fingerprint density at radius 2 is 1.45 bits per heavy atom. The lowest BCUT2D eigenvalue weighted by Crippen LogP contribution is -2.30. The second-order valence-electron chi connectivity index (χ2n) is 7.17. The number of nitrogens with one attached hydrogen (secondary N) is 1. The zero-order valence-corrected chi connectivity index (χ0v) is 17.4. The third-order valence-electron chi connectivity index (χ3n) is 5.05. The molecule has 3 aromatic carbocycles. The minimum absolute atomic E-state index is 0.0724. The molecule has 0 radical (unpaired) electrons. The van der Waals surface area contributed by atoms with E-state index in [2.05, 4.69) is 5.32 Å². The minimum atomic E-state index is -0.164. The number of benzene rings is 3. The number of rotatable bonds is 7. The van der Waals surface area contributed by atoms with Crippen molar-refractivity contribution < 1.29 is 14.3 Å². The van der Waals surface area contributed by atoms with Crippen molar-refractivity contribution in [3.63, 3.8) is 0 Å². The van der Waals surface area contributed by atoms with Crippen LogP contribution >= 0.6 is 0 Å². The Labute approximate surface area is 172 Å². The molecule has 150 valence electrons. The molecule has 0 heterocycles. The third kappa shape index (κ3) is 5.17. The predicted molar refractivity (Wildman–Crippen MR) is 116 cm³/mol. The molecular weight excluding hydrogens is 362 g/mol.